The van der Waals surface area contributed by atoms with E-state index in [-0.39, 0.29) is 18.4 Å². The summed E-state index contributed by atoms with van der Waals surface area (Å²) >= 11 is 0. The fourth-order valence-electron chi connectivity index (χ4n) is 2.09. The van der Waals surface area contributed by atoms with E-state index in [1.54, 1.807) is 0 Å². The number of amides is 2. The highest BCUT2D eigenvalue weighted by Crippen LogP contribution is 2.13. The summed E-state index contributed by atoms with van der Waals surface area (Å²) in [5.41, 5.74) is 6.23. The van der Waals surface area contributed by atoms with Crippen molar-refractivity contribution in [2.75, 3.05) is 13.1 Å². The molecule has 6 heteroatoms. The molecule has 0 aromatic heterocycles. The summed E-state index contributed by atoms with van der Waals surface area (Å²) in [5, 5.41) is 3.94. The van der Waals surface area contributed by atoms with E-state index in [1.165, 1.54) is 5.06 Å². The van der Waals surface area contributed by atoms with Crippen LogP contribution < -0.4 is 11.1 Å². The second kappa shape index (κ2) is 7.02. The van der Waals surface area contributed by atoms with Gasteiger partial charge in [-0.25, -0.2) is 5.06 Å². The maximum absolute atomic E-state index is 12.1. The van der Waals surface area contributed by atoms with Gasteiger partial charge in [0.2, 0.25) is 5.91 Å². The van der Waals surface area contributed by atoms with Gasteiger partial charge in [0.25, 0.3) is 5.91 Å². The molecule has 1 aromatic rings. The van der Waals surface area contributed by atoms with Crippen LogP contribution >= 0.6 is 0 Å². The third-order valence-corrected chi connectivity index (χ3v) is 3.15. The van der Waals surface area contributed by atoms with E-state index in [4.69, 9.17) is 10.6 Å². The van der Waals surface area contributed by atoms with Crippen LogP contribution in [0.25, 0.3) is 0 Å². The summed E-state index contributed by atoms with van der Waals surface area (Å²) < 4.78 is 0. The predicted molar refractivity (Wildman–Crippen MR) is 73.2 cm³/mol. The molecular formula is C14H19N3O3. The van der Waals surface area contributed by atoms with E-state index in [0.717, 1.165) is 12.0 Å². The van der Waals surface area contributed by atoms with Crippen molar-refractivity contribution in [1.29, 1.82) is 0 Å². The Kier molecular flexibility index (Phi) is 5.09. The van der Waals surface area contributed by atoms with Gasteiger partial charge in [0.1, 0.15) is 12.6 Å². The van der Waals surface area contributed by atoms with E-state index >= 15 is 0 Å². The summed E-state index contributed by atoms with van der Waals surface area (Å²) in [7, 11) is 0. The van der Waals surface area contributed by atoms with Crippen LogP contribution in [0.3, 0.4) is 0 Å². The van der Waals surface area contributed by atoms with Crippen LogP contribution in [0.2, 0.25) is 0 Å². The Hall–Kier alpha value is -1.92. The van der Waals surface area contributed by atoms with E-state index in [1.807, 2.05) is 30.3 Å². The zero-order valence-electron chi connectivity index (χ0n) is 11.2. The van der Waals surface area contributed by atoms with E-state index in [0.29, 0.717) is 19.6 Å². The molecule has 108 valence electrons. The second-order valence-corrected chi connectivity index (χ2v) is 4.67. The lowest BCUT2D eigenvalue weighted by molar-refractivity contribution is -0.199. The third-order valence-electron chi connectivity index (χ3n) is 3.15. The summed E-state index contributed by atoms with van der Waals surface area (Å²) in [6.45, 7) is 0.763. The first-order valence-electron chi connectivity index (χ1n) is 6.68. The highest BCUT2D eigenvalue weighted by molar-refractivity contribution is 5.88. The van der Waals surface area contributed by atoms with Gasteiger partial charge in [-0.3, -0.25) is 14.4 Å². The van der Waals surface area contributed by atoms with Crippen LogP contribution in [0.1, 0.15) is 18.4 Å². The van der Waals surface area contributed by atoms with Gasteiger partial charge in [-0.15, -0.1) is 0 Å². The summed E-state index contributed by atoms with van der Waals surface area (Å²) in [6, 6.07) is 9.09. The number of hydrogen-bond donors (Lipinski definition) is 2. The van der Waals surface area contributed by atoms with Gasteiger partial charge in [0, 0.05) is 6.54 Å². The van der Waals surface area contributed by atoms with Crippen LogP contribution in [0, 0.1) is 0 Å². The molecule has 1 aliphatic rings. The lowest BCUT2D eigenvalue weighted by atomic mass is 10.1. The first-order valence-corrected chi connectivity index (χ1v) is 6.68. The minimum Gasteiger partial charge on any atom is -0.343 e. The monoisotopic (exact) mass is 277 g/mol. The second-order valence-electron chi connectivity index (χ2n) is 4.67. The molecule has 1 aromatic carbocycles. The minimum atomic E-state index is -0.532. The molecule has 0 saturated carbocycles. The van der Waals surface area contributed by atoms with Crippen molar-refractivity contribution >= 4 is 11.8 Å². The summed E-state index contributed by atoms with van der Waals surface area (Å²) in [5.74, 6) is -0.540. The Labute approximate surface area is 117 Å². The molecule has 0 aliphatic carbocycles. The van der Waals surface area contributed by atoms with Crippen molar-refractivity contribution in [3.05, 3.63) is 35.9 Å². The van der Waals surface area contributed by atoms with Gasteiger partial charge in [-0.2, -0.15) is 0 Å². The number of nitrogens with two attached hydrogens (primary N) is 1. The summed E-state index contributed by atoms with van der Waals surface area (Å²) in [4.78, 5) is 28.9. The maximum Gasteiger partial charge on any atom is 0.268 e. The van der Waals surface area contributed by atoms with E-state index < -0.39 is 6.04 Å². The number of carbonyl (C=O) groups excluding carboxylic acids is 2. The molecule has 1 fully saturated rings. The van der Waals surface area contributed by atoms with Gasteiger partial charge < -0.3 is 11.1 Å². The smallest absolute Gasteiger partial charge is 0.268 e. The number of hydrogen-bond acceptors (Lipinski definition) is 4. The SMILES string of the molecule is NCC(=O)N[C@H]1CCCN(OCc2ccccc2)C1=O. The number of nitrogens with zero attached hydrogens (tertiary/aromatic N) is 1. The number of piperidine rings is 1. The van der Waals surface area contributed by atoms with Gasteiger partial charge in [0.15, 0.2) is 0 Å². The lowest BCUT2D eigenvalue weighted by Crippen LogP contribution is -2.53. The van der Waals surface area contributed by atoms with Crippen molar-refractivity contribution in [1.82, 2.24) is 10.4 Å². The highest BCUT2D eigenvalue weighted by atomic mass is 16.7. The molecule has 3 N–H and O–H groups in total. The fourth-order valence-corrected chi connectivity index (χ4v) is 2.09. The zero-order valence-corrected chi connectivity index (χ0v) is 11.2. The molecular weight excluding hydrogens is 258 g/mol. The van der Waals surface area contributed by atoms with Crippen LogP contribution in [-0.2, 0) is 21.0 Å². The average Bonchev–Trinajstić information content (AvgIpc) is 2.49. The van der Waals surface area contributed by atoms with Crippen molar-refractivity contribution in [2.45, 2.75) is 25.5 Å². The number of hydroxylamine groups is 2. The predicted octanol–water partition coefficient (Wildman–Crippen LogP) is 0.184. The third kappa shape index (κ3) is 3.79. The minimum absolute atomic E-state index is 0.116. The molecule has 2 amide bonds. The molecule has 20 heavy (non-hydrogen) atoms. The number of carbonyl (C=O) groups is 2. The maximum atomic E-state index is 12.1. The quantitative estimate of drug-likeness (QED) is 0.804. The standard InChI is InChI=1S/C14H19N3O3/c15-9-13(18)16-12-7-4-8-17(14(12)19)20-10-11-5-2-1-3-6-11/h1-3,5-6,12H,4,7-10,15H2,(H,16,18)/t12-/m0/s1. The molecule has 0 spiro atoms. The van der Waals surface area contributed by atoms with Crippen molar-refractivity contribution in [3.8, 4) is 0 Å². The van der Waals surface area contributed by atoms with Crippen LogP contribution in [-0.4, -0.2) is 36.0 Å². The molecule has 1 atom stereocenters. The van der Waals surface area contributed by atoms with Crippen molar-refractivity contribution < 1.29 is 14.4 Å². The van der Waals surface area contributed by atoms with E-state index in [9.17, 15) is 9.59 Å². The van der Waals surface area contributed by atoms with Crippen LogP contribution in [0.15, 0.2) is 30.3 Å². The Morgan fingerprint density at radius 3 is 2.85 bits per heavy atom. The average molecular weight is 277 g/mol. The van der Waals surface area contributed by atoms with Gasteiger partial charge in [-0.05, 0) is 18.4 Å². The number of nitrogens with one attached hydrogen (secondary N) is 1. The number of benzene rings is 1. The normalized spacial score (nSPS) is 18.9. The molecule has 1 heterocycles. The van der Waals surface area contributed by atoms with Crippen molar-refractivity contribution in [2.24, 2.45) is 5.73 Å². The topological polar surface area (TPSA) is 84.7 Å². The Balaban J connectivity index is 1.88. The lowest BCUT2D eigenvalue weighted by Gasteiger charge is -2.31. The van der Waals surface area contributed by atoms with Crippen molar-refractivity contribution in [3.63, 3.8) is 0 Å². The molecule has 2 rings (SSSR count). The van der Waals surface area contributed by atoms with Gasteiger partial charge in [-0.1, -0.05) is 30.3 Å². The molecule has 0 radical (unpaired) electrons. The Morgan fingerprint density at radius 1 is 1.40 bits per heavy atom. The molecule has 1 aliphatic heterocycles. The molecule has 6 nitrogen and oxygen atoms in total. The first-order chi connectivity index (χ1) is 9.70. The fraction of sp³-hybridized carbons (Fsp3) is 0.429. The Morgan fingerprint density at radius 2 is 2.15 bits per heavy atom. The molecule has 0 unspecified atom stereocenters. The summed E-state index contributed by atoms with van der Waals surface area (Å²) in [6.07, 6.45) is 1.41. The number of rotatable bonds is 5. The largest absolute Gasteiger partial charge is 0.343 e. The van der Waals surface area contributed by atoms with Crippen LogP contribution in [0.4, 0.5) is 0 Å². The molecule has 0 bridgehead atoms. The van der Waals surface area contributed by atoms with Gasteiger partial charge in [0.05, 0.1) is 6.54 Å². The van der Waals surface area contributed by atoms with Crippen LogP contribution in [0.5, 0.6) is 0 Å². The Bertz CT molecular complexity index is 464. The van der Waals surface area contributed by atoms with E-state index in [2.05, 4.69) is 5.32 Å². The zero-order chi connectivity index (χ0) is 14.4. The highest BCUT2D eigenvalue weighted by Gasteiger charge is 2.30. The van der Waals surface area contributed by atoms with Gasteiger partial charge >= 0.3 is 0 Å². The molecule has 1 saturated heterocycles. The first kappa shape index (κ1) is 14.5.